The number of methoxy groups -OCH3 is 1. The van der Waals surface area contributed by atoms with E-state index in [4.69, 9.17) is 9.47 Å². The van der Waals surface area contributed by atoms with Crippen LogP contribution in [0.4, 0.5) is 5.00 Å². The summed E-state index contributed by atoms with van der Waals surface area (Å²) in [7, 11) is 1.59. The molecule has 0 saturated carbocycles. The fourth-order valence-electron chi connectivity index (χ4n) is 4.03. The number of fused-ring (bicyclic) bond motifs is 1. The standard InChI is InChI=1S/C24H31NO4S/c1-6-29-23(27)21-17-12-11-16(24(2,3)4)14-19(17)30-22(21)25-20(26)13-15-9-7-8-10-18(15)28-5/h7-10,16H,6,11-14H2,1-5H3,(H,25,26)/t16-/m1/s1. The van der Waals surface area contributed by atoms with E-state index in [1.165, 1.54) is 16.2 Å². The van der Waals surface area contributed by atoms with E-state index in [0.717, 1.165) is 30.4 Å². The number of carbonyl (C=O) groups excluding carboxylic acids is 2. The lowest BCUT2D eigenvalue weighted by Gasteiger charge is -2.33. The highest BCUT2D eigenvalue weighted by atomic mass is 32.1. The third-order valence-corrected chi connectivity index (χ3v) is 6.94. The Balaban J connectivity index is 1.87. The molecule has 1 heterocycles. The molecular formula is C24H31NO4S. The maximum atomic E-state index is 12.8. The van der Waals surface area contributed by atoms with Gasteiger partial charge in [0, 0.05) is 10.4 Å². The van der Waals surface area contributed by atoms with Gasteiger partial charge < -0.3 is 14.8 Å². The number of amides is 1. The van der Waals surface area contributed by atoms with Gasteiger partial charge in [0.2, 0.25) is 5.91 Å². The van der Waals surface area contributed by atoms with Crippen LogP contribution in [-0.4, -0.2) is 25.6 Å². The summed E-state index contributed by atoms with van der Waals surface area (Å²) in [4.78, 5) is 26.7. The Morgan fingerprint density at radius 2 is 1.97 bits per heavy atom. The van der Waals surface area contributed by atoms with E-state index in [1.54, 1.807) is 14.0 Å². The summed E-state index contributed by atoms with van der Waals surface area (Å²) >= 11 is 1.52. The molecule has 1 N–H and O–H groups in total. The molecule has 0 radical (unpaired) electrons. The number of nitrogens with one attached hydrogen (secondary N) is 1. The van der Waals surface area contributed by atoms with Crippen LogP contribution in [0.5, 0.6) is 5.75 Å². The van der Waals surface area contributed by atoms with E-state index in [1.807, 2.05) is 24.3 Å². The molecule has 1 aliphatic rings. The minimum absolute atomic E-state index is 0.170. The van der Waals surface area contributed by atoms with Crippen molar-refractivity contribution in [1.29, 1.82) is 0 Å². The number of hydrogen-bond donors (Lipinski definition) is 1. The van der Waals surface area contributed by atoms with Crippen molar-refractivity contribution >= 4 is 28.2 Å². The molecule has 5 nitrogen and oxygen atoms in total. The molecule has 1 amide bonds. The molecule has 0 fully saturated rings. The molecule has 0 saturated heterocycles. The molecule has 1 atom stereocenters. The van der Waals surface area contributed by atoms with Crippen LogP contribution in [0.1, 0.15) is 60.5 Å². The number of thiophene rings is 1. The van der Waals surface area contributed by atoms with Gasteiger partial charge in [0.25, 0.3) is 0 Å². The molecule has 0 spiro atoms. The molecule has 30 heavy (non-hydrogen) atoms. The minimum Gasteiger partial charge on any atom is -0.496 e. The van der Waals surface area contributed by atoms with Crippen molar-refractivity contribution in [3.8, 4) is 5.75 Å². The van der Waals surface area contributed by atoms with E-state index in [-0.39, 0.29) is 23.7 Å². The second-order valence-electron chi connectivity index (χ2n) is 8.77. The van der Waals surface area contributed by atoms with Gasteiger partial charge in [0.1, 0.15) is 10.8 Å². The molecule has 1 aromatic heterocycles. The SMILES string of the molecule is CCOC(=O)c1c(NC(=O)Cc2ccccc2OC)sc2c1CC[C@@H](C(C)(C)C)C2. The van der Waals surface area contributed by atoms with Crippen molar-refractivity contribution in [1.82, 2.24) is 0 Å². The summed E-state index contributed by atoms with van der Waals surface area (Å²) < 4.78 is 10.7. The number of anilines is 1. The van der Waals surface area contributed by atoms with Crippen LogP contribution in [0.2, 0.25) is 0 Å². The van der Waals surface area contributed by atoms with E-state index in [9.17, 15) is 9.59 Å². The fourth-order valence-corrected chi connectivity index (χ4v) is 5.36. The minimum atomic E-state index is -0.350. The Kier molecular flexibility index (Phi) is 6.86. The molecule has 1 aromatic carbocycles. The van der Waals surface area contributed by atoms with Crippen LogP contribution in [0.3, 0.4) is 0 Å². The third-order valence-electron chi connectivity index (χ3n) is 5.77. The largest absolute Gasteiger partial charge is 0.496 e. The quantitative estimate of drug-likeness (QED) is 0.636. The van der Waals surface area contributed by atoms with Crippen LogP contribution in [0.15, 0.2) is 24.3 Å². The average molecular weight is 430 g/mol. The van der Waals surface area contributed by atoms with Crippen LogP contribution in [0, 0.1) is 11.3 Å². The second-order valence-corrected chi connectivity index (χ2v) is 9.88. The zero-order valence-corrected chi connectivity index (χ0v) is 19.3. The molecule has 2 aromatic rings. The Bertz CT molecular complexity index is 926. The van der Waals surface area contributed by atoms with Crippen molar-refractivity contribution < 1.29 is 19.1 Å². The first-order chi connectivity index (χ1) is 14.2. The van der Waals surface area contributed by atoms with Gasteiger partial charge in [-0.05, 0) is 49.1 Å². The van der Waals surface area contributed by atoms with Gasteiger partial charge in [-0.15, -0.1) is 11.3 Å². The maximum absolute atomic E-state index is 12.8. The number of hydrogen-bond acceptors (Lipinski definition) is 5. The predicted octanol–water partition coefficient (Wildman–Crippen LogP) is 5.27. The van der Waals surface area contributed by atoms with Crippen LogP contribution in [-0.2, 0) is 28.8 Å². The van der Waals surface area contributed by atoms with E-state index >= 15 is 0 Å². The Morgan fingerprint density at radius 3 is 2.63 bits per heavy atom. The summed E-state index contributed by atoms with van der Waals surface area (Å²) in [5.74, 6) is 0.709. The third kappa shape index (κ3) is 4.86. The molecular weight excluding hydrogens is 398 g/mol. The summed E-state index contributed by atoms with van der Waals surface area (Å²) in [6.07, 6.45) is 2.98. The topological polar surface area (TPSA) is 64.6 Å². The lowest BCUT2D eigenvalue weighted by molar-refractivity contribution is -0.115. The zero-order valence-electron chi connectivity index (χ0n) is 18.5. The van der Waals surface area contributed by atoms with Gasteiger partial charge in [-0.25, -0.2) is 4.79 Å². The molecule has 6 heteroatoms. The van der Waals surface area contributed by atoms with Gasteiger partial charge in [-0.3, -0.25) is 4.79 Å². The Morgan fingerprint density at radius 1 is 1.23 bits per heavy atom. The highest BCUT2D eigenvalue weighted by molar-refractivity contribution is 7.17. The van der Waals surface area contributed by atoms with Gasteiger partial charge in [-0.1, -0.05) is 39.0 Å². The average Bonchev–Trinajstić information content (AvgIpc) is 3.04. The number of ether oxygens (including phenoxy) is 2. The first kappa shape index (κ1) is 22.3. The maximum Gasteiger partial charge on any atom is 0.341 e. The first-order valence-electron chi connectivity index (χ1n) is 10.5. The number of benzene rings is 1. The lowest BCUT2D eigenvalue weighted by atomic mass is 9.72. The number of rotatable bonds is 6. The predicted molar refractivity (Wildman–Crippen MR) is 121 cm³/mol. The molecule has 3 rings (SSSR count). The molecule has 0 aliphatic heterocycles. The van der Waals surface area contributed by atoms with Gasteiger partial charge >= 0.3 is 5.97 Å². The summed E-state index contributed by atoms with van der Waals surface area (Å²) in [5.41, 5.74) is 2.60. The Labute approximate surface area is 182 Å². The molecule has 0 bridgehead atoms. The van der Waals surface area contributed by atoms with Crippen molar-refractivity contribution in [3.63, 3.8) is 0 Å². The zero-order chi connectivity index (χ0) is 21.9. The van der Waals surface area contributed by atoms with E-state index < -0.39 is 0 Å². The highest BCUT2D eigenvalue weighted by Gasteiger charge is 2.34. The molecule has 1 aliphatic carbocycles. The van der Waals surface area contributed by atoms with Gasteiger partial charge in [0.15, 0.2) is 0 Å². The summed E-state index contributed by atoms with van der Waals surface area (Å²) in [5, 5.41) is 3.59. The smallest absolute Gasteiger partial charge is 0.341 e. The fraction of sp³-hybridized carbons (Fsp3) is 0.500. The normalized spacial score (nSPS) is 16.0. The van der Waals surface area contributed by atoms with Crippen molar-refractivity contribution in [2.45, 2.75) is 53.4 Å². The highest BCUT2D eigenvalue weighted by Crippen LogP contribution is 2.44. The number of esters is 1. The van der Waals surface area contributed by atoms with Crippen LogP contribution in [0.25, 0.3) is 0 Å². The molecule has 0 unspecified atom stereocenters. The van der Waals surface area contributed by atoms with E-state index in [2.05, 4.69) is 26.1 Å². The van der Waals surface area contributed by atoms with Crippen molar-refractivity contribution in [2.75, 3.05) is 19.0 Å². The number of para-hydroxylation sites is 1. The summed E-state index contributed by atoms with van der Waals surface area (Å²) in [6, 6.07) is 7.46. The van der Waals surface area contributed by atoms with Crippen LogP contribution < -0.4 is 10.1 Å². The van der Waals surface area contributed by atoms with Gasteiger partial charge in [-0.2, -0.15) is 0 Å². The number of carbonyl (C=O) groups is 2. The first-order valence-corrected chi connectivity index (χ1v) is 11.3. The van der Waals surface area contributed by atoms with Gasteiger partial charge in [0.05, 0.1) is 25.7 Å². The van der Waals surface area contributed by atoms with Crippen LogP contribution >= 0.6 is 11.3 Å². The van der Waals surface area contributed by atoms with E-state index in [0.29, 0.717) is 28.8 Å². The van der Waals surface area contributed by atoms with Crippen molar-refractivity contribution in [3.05, 3.63) is 45.8 Å². The second kappa shape index (κ2) is 9.21. The summed E-state index contributed by atoms with van der Waals surface area (Å²) in [6.45, 7) is 8.89. The Hall–Kier alpha value is -2.34. The molecule has 162 valence electrons. The van der Waals surface area contributed by atoms with Crippen molar-refractivity contribution in [2.24, 2.45) is 11.3 Å². The lowest BCUT2D eigenvalue weighted by Crippen LogP contribution is -2.26. The monoisotopic (exact) mass is 429 g/mol.